The third kappa shape index (κ3) is 4.04. The van der Waals surface area contributed by atoms with Crippen LogP contribution in [0.5, 0.6) is 0 Å². The van der Waals surface area contributed by atoms with Crippen molar-refractivity contribution in [1.82, 2.24) is 15.6 Å². The van der Waals surface area contributed by atoms with Crippen LogP contribution in [0.4, 0.5) is 5.69 Å². The largest absolute Gasteiger partial charge is 0.354 e. The van der Waals surface area contributed by atoms with Gasteiger partial charge in [-0.05, 0) is 25.0 Å². The lowest BCUT2D eigenvalue weighted by atomic mass is 10.4. The topological polar surface area (TPSA) is 78.4 Å². The zero-order valence-electron chi connectivity index (χ0n) is 10.3. The Kier molecular flexibility index (Phi) is 4.11. The molecule has 0 saturated heterocycles. The number of carbonyl (C=O) groups excluding carboxylic acids is 1. The van der Waals surface area contributed by atoms with Gasteiger partial charge >= 0.3 is 0 Å². The Hall–Kier alpha value is -2.11. The molecule has 1 saturated carbocycles. The first-order valence-corrected chi connectivity index (χ1v) is 5.95. The van der Waals surface area contributed by atoms with E-state index in [-0.39, 0.29) is 12.5 Å². The molecular weight excluding hydrogens is 230 g/mol. The van der Waals surface area contributed by atoms with Gasteiger partial charge in [-0.3, -0.25) is 14.8 Å². The molecule has 0 aliphatic heterocycles. The number of nitrogens with zero attached hydrogens (tertiary/aromatic N) is 2. The summed E-state index contributed by atoms with van der Waals surface area (Å²) in [7, 11) is 1.69. The summed E-state index contributed by atoms with van der Waals surface area (Å²) >= 11 is 0. The van der Waals surface area contributed by atoms with Crippen molar-refractivity contribution in [3.63, 3.8) is 0 Å². The molecule has 0 aromatic carbocycles. The van der Waals surface area contributed by atoms with Crippen molar-refractivity contribution in [2.75, 3.05) is 18.9 Å². The van der Waals surface area contributed by atoms with E-state index in [1.54, 1.807) is 31.6 Å². The number of hydrogen-bond donors (Lipinski definition) is 3. The van der Waals surface area contributed by atoms with E-state index < -0.39 is 0 Å². The van der Waals surface area contributed by atoms with Gasteiger partial charge in [0.15, 0.2) is 5.96 Å². The number of aromatic nitrogens is 1. The number of rotatable bonds is 4. The first-order valence-electron chi connectivity index (χ1n) is 5.95. The number of anilines is 1. The van der Waals surface area contributed by atoms with Gasteiger partial charge in [-0.2, -0.15) is 0 Å². The molecule has 1 aliphatic rings. The number of amides is 1. The third-order valence-electron chi connectivity index (χ3n) is 2.50. The van der Waals surface area contributed by atoms with E-state index in [0.717, 1.165) is 0 Å². The lowest BCUT2D eigenvalue weighted by Crippen LogP contribution is -2.42. The van der Waals surface area contributed by atoms with Gasteiger partial charge in [-0.25, -0.2) is 0 Å². The van der Waals surface area contributed by atoms with Gasteiger partial charge in [0.2, 0.25) is 5.91 Å². The normalized spacial score (nSPS) is 15.1. The fraction of sp³-hybridized carbons (Fsp3) is 0.417. The molecule has 6 nitrogen and oxygen atoms in total. The second kappa shape index (κ2) is 6.00. The Morgan fingerprint density at radius 1 is 1.56 bits per heavy atom. The van der Waals surface area contributed by atoms with Crippen LogP contribution in [-0.2, 0) is 4.79 Å². The standard InChI is InChI=1S/C12H17N5O/c1-13-12(17-9-4-5-9)15-8-11(18)16-10-3-2-6-14-7-10/h2-3,6-7,9H,4-5,8H2,1H3,(H,16,18)(H2,13,15,17). The van der Waals surface area contributed by atoms with Crippen LogP contribution < -0.4 is 16.0 Å². The second-order valence-corrected chi connectivity index (χ2v) is 4.13. The summed E-state index contributed by atoms with van der Waals surface area (Å²) in [4.78, 5) is 19.6. The summed E-state index contributed by atoms with van der Waals surface area (Å²) in [5.41, 5.74) is 0.689. The van der Waals surface area contributed by atoms with Crippen LogP contribution in [0.15, 0.2) is 29.5 Å². The van der Waals surface area contributed by atoms with Gasteiger partial charge in [0, 0.05) is 19.3 Å². The Bertz CT molecular complexity index is 427. The SMILES string of the molecule is CN=C(NCC(=O)Nc1cccnc1)NC1CC1. The summed E-state index contributed by atoms with van der Waals surface area (Å²) < 4.78 is 0. The van der Waals surface area contributed by atoms with E-state index in [2.05, 4.69) is 25.9 Å². The molecule has 6 heteroatoms. The minimum absolute atomic E-state index is 0.123. The average molecular weight is 247 g/mol. The maximum Gasteiger partial charge on any atom is 0.243 e. The van der Waals surface area contributed by atoms with Crippen LogP contribution in [0.25, 0.3) is 0 Å². The predicted octanol–water partition coefficient (Wildman–Crippen LogP) is 0.347. The molecule has 1 aliphatic carbocycles. The number of pyridine rings is 1. The van der Waals surface area contributed by atoms with Gasteiger partial charge in [-0.15, -0.1) is 0 Å². The molecule has 96 valence electrons. The molecule has 1 aromatic heterocycles. The van der Waals surface area contributed by atoms with Crippen LogP contribution >= 0.6 is 0 Å². The van der Waals surface area contributed by atoms with Crippen molar-refractivity contribution in [3.8, 4) is 0 Å². The molecule has 1 heterocycles. The monoisotopic (exact) mass is 247 g/mol. The fourth-order valence-electron chi connectivity index (χ4n) is 1.42. The molecule has 0 radical (unpaired) electrons. The zero-order chi connectivity index (χ0) is 12.8. The summed E-state index contributed by atoms with van der Waals surface area (Å²) in [6.07, 6.45) is 5.61. The number of aliphatic imine (C=N–C) groups is 1. The van der Waals surface area contributed by atoms with E-state index in [9.17, 15) is 4.79 Å². The van der Waals surface area contributed by atoms with E-state index in [1.165, 1.54) is 12.8 Å². The summed E-state index contributed by atoms with van der Waals surface area (Å²) in [5.74, 6) is 0.542. The Balaban J connectivity index is 1.73. The van der Waals surface area contributed by atoms with E-state index in [0.29, 0.717) is 17.7 Å². The smallest absolute Gasteiger partial charge is 0.243 e. The predicted molar refractivity (Wildman–Crippen MR) is 70.4 cm³/mol. The van der Waals surface area contributed by atoms with Gasteiger partial charge in [0.1, 0.15) is 0 Å². The highest BCUT2D eigenvalue weighted by atomic mass is 16.1. The molecular formula is C12H17N5O. The van der Waals surface area contributed by atoms with E-state index in [1.807, 2.05) is 0 Å². The molecule has 2 rings (SSSR count). The van der Waals surface area contributed by atoms with Crippen LogP contribution in [0, 0.1) is 0 Å². The van der Waals surface area contributed by atoms with Crippen molar-refractivity contribution in [3.05, 3.63) is 24.5 Å². The highest BCUT2D eigenvalue weighted by molar-refractivity contribution is 5.94. The molecule has 1 amide bonds. The van der Waals surface area contributed by atoms with Crippen molar-refractivity contribution < 1.29 is 4.79 Å². The molecule has 1 aromatic rings. The Labute approximate surface area is 106 Å². The molecule has 0 bridgehead atoms. The van der Waals surface area contributed by atoms with Crippen LogP contribution in [0.3, 0.4) is 0 Å². The maximum absolute atomic E-state index is 11.7. The van der Waals surface area contributed by atoms with Gasteiger partial charge in [0.25, 0.3) is 0 Å². The Morgan fingerprint density at radius 3 is 3.00 bits per heavy atom. The minimum atomic E-state index is -0.123. The van der Waals surface area contributed by atoms with Crippen LogP contribution in [0.2, 0.25) is 0 Å². The van der Waals surface area contributed by atoms with Crippen molar-refractivity contribution in [1.29, 1.82) is 0 Å². The molecule has 0 unspecified atom stereocenters. The fourth-order valence-corrected chi connectivity index (χ4v) is 1.42. The molecule has 0 atom stereocenters. The minimum Gasteiger partial charge on any atom is -0.354 e. The Morgan fingerprint density at radius 2 is 2.39 bits per heavy atom. The second-order valence-electron chi connectivity index (χ2n) is 4.13. The van der Waals surface area contributed by atoms with Gasteiger partial charge in [0.05, 0.1) is 18.4 Å². The van der Waals surface area contributed by atoms with E-state index in [4.69, 9.17) is 0 Å². The molecule has 18 heavy (non-hydrogen) atoms. The average Bonchev–Trinajstić information content (AvgIpc) is 3.19. The van der Waals surface area contributed by atoms with Gasteiger partial charge in [-0.1, -0.05) is 0 Å². The number of hydrogen-bond acceptors (Lipinski definition) is 3. The quantitative estimate of drug-likeness (QED) is 0.530. The molecule has 1 fully saturated rings. The number of guanidine groups is 1. The first-order chi connectivity index (χ1) is 8.78. The van der Waals surface area contributed by atoms with Crippen molar-refractivity contribution in [2.24, 2.45) is 4.99 Å². The maximum atomic E-state index is 11.7. The lowest BCUT2D eigenvalue weighted by Gasteiger charge is -2.11. The van der Waals surface area contributed by atoms with E-state index >= 15 is 0 Å². The highest BCUT2D eigenvalue weighted by Gasteiger charge is 2.22. The number of nitrogens with one attached hydrogen (secondary N) is 3. The summed E-state index contributed by atoms with van der Waals surface area (Å²) in [6.45, 7) is 0.182. The zero-order valence-corrected chi connectivity index (χ0v) is 10.3. The van der Waals surface area contributed by atoms with Crippen LogP contribution in [0.1, 0.15) is 12.8 Å². The first kappa shape index (κ1) is 12.3. The van der Waals surface area contributed by atoms with Crippen LogP contribution in [-0.4, -0.2) is 36.5 Å². The van der Waals surface area contributed by atoms with Crippen molar-refractivity contribution in [2.45, 2.75) is 18.9 Å². The lowest BCUT2D eigenvalue weighted by molar-refractivity contribution is -0.115. The third-order valence-corrected chi connectivity index (χ3v) is 2.50. The van der Waals surface area contributed by atoms with Gasteiger partial charge < -0.3 is 16.0 Å². The van der Waals surface area contributed by atoms with Crippen molar-refractivity contribution >= 4 is 17.6 Å². The highest BCUT2D eigenvalue weighted by Crippen LogP contribution is 2.18. The summed E-state index contributed by atoms with van der Waals surface area (Å²) in [5, 5.41) is 8.92. The summed E-state index contributed by atoms with van der Waals surface area (Å²) in [6, 6.07) is 4.08. The molecule has 0 spiro atoms. The molecule has 3 N–H and O–H groups in total. The number of carbonyl (C=O) groups is 1.